The number of ether oxygens (including phenoxy) is 1. The number of benzene rings is 1. The van der Waals surface area contributed by atoms with Crippen LogP contribution in [-0.4, -0.2) is 12.6 Å². The van der Waals surface area contributed by atoms with Gasteiger partial charge in [-0.1, -0.05) is 24.8 Å². The Morgan fingerprint density at radius 1 is 1.67 bits per heavy atom. The number of anilines is 1. The quantitative estimate of drug-likeness (QED) is 0.355. The summed E-state index contributed by atoms with van der Waals surface area (Å²) in [4.78, 5) is 11.4. The highest BCUT2D eigenvalue weighted by Crippen LogP contribution is 2.22. The lowest BCUT2D eigenvalue weighted by atomic mass is 10.1. The Kier molecular flexibility index (Phi) is 4.24. The molecule has 0 aliphatic heterocycles. The van der Waals surface area contributed by atoms with E-state index in [1.165, 1.54) is 6.08 Å². The fraction of sp³-hybridized carbons (Fsp3) is 0.182. The Morgan fingerprint density at radius 2 is 2.40 bits per heavy atom. The Labute approximate surface area is 94.3 Å². The van der Waals surface area contributed by atoms with Crippen LogP contribution in [0.15, 0.2) is 36.9 Å². The molecule has 0 amide bonds. The normalized spacial score (nSPS) is 11.8. The molecular weight excluding hydrogens is 210 g/mol. The lowest BCUT2D eigenvalue weighted by Crippen LogP contribution is -2.11. The minimum atomic E-state index is -0.603. The second kappa shape index (κ2) is 5.46. The van der Waals surface area contributed by atoms with Gasteiger partial charge >= 0.3 is 5.97 Å². The number of esters is 1. The molecule has 0 aromatic heterocycles. The first-order valence-corrected chi connectivity index (χ1v) is 4.98. The Hall–Kier alpha value is -1.42. The molecule has 15 heavy (non-hydrogen) atoms. The average Bonchev–Trinajstić information content (AvgIpc) is 2.24. The molecule has 0 radical (unpaired) electrons. The summed E-state index contributed by atoms with van der Waals surface area (Å²) in [6.07, 6.45) is 1.51. The van der Waals surface area contributed by atoms with Crippen molar-refractivity contribution in [3.05, 3.63) is 42.5 Å². The van der Waals surface area contributed by atoms with Crippen molar-refractivity contribution >= 4 is 24.3 Å². The molecule has 1 rings (SSSR count). The second-order valence-corrected chi connectivity index (χ2v) is 3.51. The molecule has 0 saturated carbocycles. The Bertz CT molecular complexity index is 365. The van der Waals surface area contributed by atoms with Gasteiger partial charge in [-0.3, -0.25) is 4.79 Å². The molecule has 1 aromatic rings. The minimum absolute atomic E-state index is 0.193. The van der Waals surface area contributed by atoms with Crippen LogP contribution < -0.4 is 5.73 Å². The van der Waals surface area contributed by atoms with Crippen LogP contribution in [0.1, 0.15) is 10.8 Å². The minimum Gasteiger partial charge on any atom is -0.460 e. The van der Waals surface area contributed by atoms with Crippen LogP contribution in [0.3, 0.4) is 0 Å². The van der Waals surface area contributed by atoms with Crippen molar-refractivity contribution in [2.45, 2.75) is 5.25 Å². The molecule has 0 spiro atoms. The van der Waals surface area contributed by atoms with Crippen molar-refractivity contribution in [2.75, 3.05) is 12.3 Å². The van der Waals surface area contributed by atoms with E-state index < -0.39 is 11.2 Å². The molecule has 0 fully saturated rings. The molecule has 0 aliphatic rings. The smallest absolute Gasteiger partial charge is 0.323 e. The Morgan fingerprint density at radius 3 is 3.00 bits per heavy atom. The van der Waals surface area contributed by atoms with E-state index in [2.05, 4.69) is 19.2 Å². The highest BCUT2D eigenvalue weighted by atomic mass is 32.1. The van der Waals surface area contributed by atoms with Crippen LogP contribution in [-0.2, 0) is 9.53 Å². The predicted molar refractivity (Wildman–Crippen MR) is 63.7 cm³/mol. The SMILES string of the molecule is C=CCOC(=O)C(S)c1cccc(N)c1. The zero-order valence-corrected chi connectivity index (χ0v) is 9.11. The highest BCUT2D eigenvalue weighted by Gasteiger charge is 2.17. The first-order valence-electron chi connectivity index (χ1n) is 4.46. The number of nitrogens with two attached hydrogens (primary N) is 1. The summed E-state index contributed by atoms with van der Waals surface area (Å²) >= 11 is 4.17. The molecule has 0 saturated heterocycles. The van der Waals surface area contributed by atoms with Gasteiger partial charge in [0, 0.05) is 5.69 Å². The van der Waals surface area contributed by atoms with Gasteiger partial charge in [0.25, 0.3) is 0 Å². The van der Waals surface area contributed by atoms with E-state index in [4.69, 9.17) is 10.5 Å². The van der Waals surface area contributed by atoms with E-state index in [-0.39, 0.29) is 6.61 Å². The van der Waals surface area contributed by atoms with E-state index in [9.17, 15) is 4.79 Å². The number of nitrogen functional groups attached to an aromatic ring is 1. The molecule has 1 atom stereocenters. The van der Waals surface area contributed by atoms with E-state index in [1.807, 2.05) is 0 Å². The maximum Gasteiger partial charge on any atom is 0.323 e. The van der Waals surface area contributed by atoms with Crippen LogP contribution in [0.4, 0.5) is 5.69 Å². The number of carbonyl (C=O) groups is 1. The summed E-state index contributed by atoms with van der Waals surface area (Å²) in [6, 6.07) is 7.00. The summed E-state index contributed by atoms with van der Waals surface area (Å²) < 4.78 is 4.87. The van der Waals surface area contributed by atoms with E-state index in [1.54, 1.807) is 24.3 Å². The molecule has 4 heteroatoms. The lowest BCUT2D eigenvalue weighted by Gasteiger charge is -2.10. The average molecular weight is 223 g/mol. The van der Waals surface area contributed by atoms with Gasteiger partial charge < -0.3 is 10.5 Å². The van der Waals surface area contributed by atoms with Crippen LogP contribution in [0.5, 0.6) is 0 Å². The van der Waals surface area contributed by atoms with Gasteiger partial charge in [-0.15, -0.1) is 0 Å². The summed E-state index contributed by atoms with van der Waals surface area (Å²) in [6.45, 7) is 3.65. The summed E-state index contributed by atoms with van der Waals surface area (Å²) in [7, 11) is 0. The van der Waals surface area contributed by atoms with E-state index in [0.29, 0.717) is 5.69 Å². The second-order valence-electron chi connectivity index (χ2n) is 2.99. The van der Waals surface area contributed by atoms with Gasteiger partial charge in [0.2, 0.25) is 0 Å². The molecule has 0 bridgehead atoms. The first-order chi connectivity index (χ1) is 7.15. The molecule has 3 nitrogen and oxygen atoms in total. The van der Waals surface area contributed by atoms with Crippen LogP contribution in [0.25, 0.3) is 0 Å². The topological polar surface area (TPSA) is 52.3 Å². The fourth-order valence-corrected chi connectivity index (χ4v) is 1.32. The van der Waals surface area contributed by atoms with Crippen molar-refractivity contribution in [3.63, 3.8) is 0 Å². The first kappa shape index (κ1) is 11.7. The molecular formula is C11H13NO2S. The summed E-state index contributed by atoms with van der Waals surface area (Å²) in [5, 5.41) is -0.603. The zero-order valence-electron chi connectivity index (χ0n) is 8.22. The van der Waals surface area contributed by atoms with Crippen molar-refractivity contribution in [1.82, 2.24) is 0 Å². The maximum atomic E-state index is 11.4. The van der Waals surface area contributed by atoms with Gasteiger partial charge in [-0.2, -0.15) is 12.6 Å². The third-order valence-corrected chi connectivity index (χ3v) is 2.30. The van der Waals surface area contributed by atoms with Crippen LogP contribution >= 0.6 is 12.6 Å². The molecule has 0 heterocycles. The van der Waals surface area contributed by atoms with Crippen molar-refractivity contribution in [3.8, 4) is 0 Å². The fourth-order valence-electron chi connectivity index (χ4n) is 1.09. The number of hydrogen-bond donors (Lipinski definition) is 2. The largest absolute Gasteiger partial charge is 0.460 e. The highest BCUT2D eigenvalue weighted by molar-refractivity contribution is 7.81. The van der Waals surface area contributed by atoms with Crippen molar-refractivity contribution < 1.29 is 9.53 Å². The van der Waals surface area contributed by atoms with Gasteiger partial charge in [0.1, 0.15) is 11.9 Å². The van der Waals surface area contributed by atoms with Crippen molar-refractivity contribution in [2.24, 2.45) is 0 Å². The van der Waals surface area contributed by atoms with Crippen molar-refractivity contribution in [1.29, 1.82) is 0 Å². The van der Waals surface area contributed by atoms with Gasteiger partial charge in [0.15, 0.2) is 0 Å². The lowest BCUT2D eigenvalue weighted by molar-refractivity contribution is -0.141. The standard InChI is InChI=1S/C11H13NO2S/c1-2-6-14-11(13)10(15)8-4-3-5-9(12)7-8/h2-5,7,10,15H,1,6,12H2. The zero-order chi connectivity index (χ0) is 11.3. The van der Waals surface area contributed by atoms with E-state index >= 15 is 0 Å². The molecule has 0 aliphatic carbocycles. The van der Waals surface area contributed by atoms with Crippen LogP contribution in [0.2, 0.25) is 0 Å². The van der Waals surface area contributed by atoms with Gasteiger partial charge in [0.05, 0.1) is 0 Å². The number of carbonyl (C=O) groups excluding carboxylic acids is 1. The molecule has 2 N–H and O–H groups in total. The predicted octanol–water partition coefficient (Wildman–Crippen LogP) is 1.97. The molecule has 1 aromatic carbocycles. The molecule has 80 valence electrons. The van der Waals surface area contributed by atoms with Gasteiger partial charge in [-0.05, 0) is 17.7 Å². The summed E-state index contributed by atoms with van der Waals surface area (Å²) in [5.41, 5.74) is 6.92. The number of thiol groups is 1. The third kappa shape index (κ3) is 3.32. The third-order valence-electron chi connectivity index (χ3n) is 1.79. The van der Waals surface area contributed by atoms with Crippen LogP contribution in [0, 0.1) is 0 Å². The maximum absolute atomic E-state index is 11.4. The monoisotopic (exact) mass is 223 g/mol. The van der Waals surface area contributed by atoms with Gasteiger partial charge in [-0.25, -0.2) is 0 Å². The molecule has 1 unspecified atom stereocenters. The number of hydrogen-bond acceptors (Lipinski definition) is 4. The van der Waals surface area contributed by atoms with E-state index in [0.717, 1.165) is 5.56 Å². The summed E-state index contributed by atoms with van der Waals surface area (Å²) in [5.74, 6) is -0.399. The number of rotatable bonds is 4. The Balaban J connectivity index is 2.71.